The fourth-order valence-electron chi connectivity index (χ4n) is 4.05. The fraction of sp³-hybridized carbons (Fsp3) is 0.0800. The highest BCUT2D eigenvalue weighted by atomic mass is 79.9. The molecule has 0 spiro atoms. The summed E-state index contributed by atoms with van der Waals surface area (Å²) in [6.07, 6.45) is -0.639. The quantitative estimate of drug-likeness (QED) is 0.385. The minimum absolute atomic E-state index is 0.0332. The smallest absolute Gasteiger partial charge is 0.412 e. The molecule has 31 heavy (non-hydrogen) atoms. The highest BCUT2D eigenvalue weighted by molar-refractivity contribution is 9.10. The Hall–Kier alpha value is -3.69. The van der Waals surface area contributed by atoms with Crippen molar-refractivity contribution in [1.29, 1.82) is 5.26 Å². The number of hydrogen-bond acceptors (Lipinski definition) is 4. The summed E-state index contributed by atoms with van der Waals surface area (Å²) in [5, 5.41) is 12.9. The first kappa shape index (κ1) is 19.3. The molecule has 0 bridgehead atoms. The van der Waals surface area contributed by atoms with Crippen molar-refractivity contribution in [3.05, 3.63) is 94.0 Å². The minimum atomic E-state index is -0.639. The Balaban J connectivity index is 1.37. The van der Waals surface area contributed by atoms with Gasteiger partial charge in [-0.3, -0.25) is 5.32 Å². The van der Waals surface area contributed by atoms with E-state index in [2.05, 4.69) is 56.6 Å². The van der Waals surface area contributed by atoms with Gasteiger partial charge in [0, 0.05) is 15.8 Å². The summed E-state index contributed by atoms with van der Waals surface area (Å²) in [5.74, 6) is 0.152. The molecule has 0 atom stereocenters. The lowest BCUT2D eigenvalue weighted by Gasteiger charge is -2.15. The van der Waals surface area contributed by atoms with Crippen LogP contribution in [0.3, 0.4) is 0 Å². The summed E-state index contributed by atoms with van der Waals surface area (Å²) in [6, 6.07) is 25.7. The Bertz CT molecular complexity index is 1330. The molecular formula is C25H16BrN3O2. The third-order valence-electron chi connectivity index (χ3n) is 5.46. The standard InChI is InChI=1S/C25H16BrN3O2/c26-17-10-9-15-11-16(13-27)24(28-23(15)12-17)29-25(30)31-14-22-20-7-3-1-5-18(20)19-6-2-4-8-21(19)22/h1-12,22H,14H2,(H,28,29,30). The molecule has 0 saturated heterocycles. The number of ether oxygens (including phenoxy) is 1. The number of nitriles is 1. The molecule has 1 heterocycles. The largest absolute Gasteiger partial charge is 0.448 e. The van der Waals surface area contributed by atoms with E-state index in [1.165, 1.54) is 11.1 Å². The number of nitrogens with one attached hydrogen (secondary N) is 1. The zero-order chi connectivity index (χ0) is 21.4. The van der Waals surface area contributed by atoms with Gasteiger partial charge in [-0.05, 0) is 40.5 Å². The molecule has 1 aliphatic rings. The normalized spacial score (nSPS) is 12.1. The van der Waals surface area contributed by atoms with Crippen LogP contribution in [0.25, 0.3) is 22.0 Å². The van der Waals surface area contributed by atoms with Gasteiger partial charge in [-0.2, -0.15) is 5.26 Å². The van der Waals surface area contributed by atoms with E-state index in [9.17, 15) is 10.1 Å². The third-order valence-corrected chi connectivity index (χ3v) is 5.96. The zero-order valence-electron chi connectivity index (χ0n) is 16.3. The topological polar surface area (TPSA) is 75.0 Å². The van der Waals surface area contributed by atoms with Gasteiger partial charge in [0.05, 0.1) is 11.1 Å². The maximum Gasteiger partial charge on any atom is 0.412 e. The van der Waals surface area contributed by atoms with E-state index < -0.39 is 6.09 Å². The number of fused-ring (bicyclic) bond motifs is 4. The number of benzene rings is 3. The molecule has 5 rings (SSSR count). The van der Waals surface area contributed by atoms with Gasteiger partial charge in [-0.25, -0.2) is 9.78 Å². The SMILES string of the molecule is N#Cc1cc2ccc(Br)cc2nc1NC(=O)OCC1c2ccccc2-c2ccccc21. The first-order valence-electron chi connectivity index (χ1n) is 9.76. The number of rotatable bonds is 3. The number of carbonyl (C=O) groups is 1. The second-order valence-corrected chi connectivity index (χ2v) is 8.20. The van der Waals surface area contributed by atoms with Crippen molar-refractivity contribution < 1.29 is 9.53 Å². The predicted octanol–water partition coefficient (Wildman–Crippen LogP) is 6.23. The van der Waals surface area contributed by atoms with Crippen molar-refractivity contribution in [3.63, 3.8) is 0 Å². The lowest BCUT2D eigenvalue weighted by Crippen LogP contribution is -2.19. The van der Waals surface area contributed by atoms with Crippen molar-refractivity contribution in [1.82, 2.24) is 4.98 Å². The Labute approximate surface area is 187 Å². The van der Waals surface area contributed by atoms with Gasteiger partial charge in [-0.1, -0.05) is 70.5 Å². The van der Waals surface area contributed by atoms with E-state index in [0.717, 1.165) is 21.0 Å². The van der Waals surface area contributed by atoms with Crippen molar-refractivity contribution in [2.45, 2.75) is 5.92 Å². The summed E-state index contributed by atoms with van der Waals surface area (Å²) in [4.78, 5) is 17.0. The number of carbonyl (C=O) groups excluding carboxylic acids is 1. The first-order valence-corrected chi connectivity index (χ1v) is 10.6. The molecule has 0 unspecified atom stereocenters. The van der Waals surface area contributed by atoms with Crippen LogP contribution in [0.4, 0.5) is 10.6 Å². The minimum Gasteiger partial charge on any atom is -0.448 e. The number of nitrogens with zero attached hydrogens (tertiary/aromatic N) is 2. The molecule has 5 nitrogen and oxygen atoms in total. The number of amides is 1. The van der Waals surface area contributed by atoms with Gasteiger partial charge < -0.3 is 4.74 Å². The van der Waals surface area contributed by atoms with Gasteiger partial charge in [0.2, 0.25) is 0 Å². The molecule has 0 radical (unpaired) electrons. The average Bonchev–Trinajstić information content (AvgIpc) is 3.11. The van der Waals surface area contributed by atoms with Crippen molar-refractivity contribution in [2.75, 3.05) is 11.9 Å². The molecule has 0 aliphatic heterocycles. The maximum atomic E-state index is 12.6. The van der Waals surface area contributed by atoms with Crippen LogP contribution in [-0.4, -0.2) is 17.7 Å². The number of anilines is 1. The van der Waals surface area contributed by atoms with Crippen LogP contribution in [0.2, 0.25) is 0 Å². The molecule has 150 valence electrons. The second kappa shape index (κ2) is 7.86. The lowest BCUT2D eigenvalue weighted by atomic mass is 9.98. The highest BCUT2D eigenvalue weighted by Gasteiger charge is 2.29. The van der Waals surface area contributed by atoms with Gasteiger partial charge in [0.15, 0.2) is 5.82 Å². The van der Waals surface area contributed by atoms with Crippen LogP contribution in [-0.2, 0) is 4.74 Å². The van der Waals surface area contributed by atoms with E-state index in [1.807, 2.05) is 42.5 Å². The Kier molecular flexibility index (Phi) is 4.89. The lowest BCUT2D eigenvalue weighted by molar-refractivity contribution is 0.158. The van der Waals surface area contributed by atoms with E-state index in [-0.39, 0.29) is 23.9 Å². The second-order valence-electron chi connectivity index (χ2n) is 7.28. The zero-order valence-corrected chi connectivity index (χ0v) is 17.9. The monoisotopic (exact) mass is 469 g/mol. The Morgan fingerprint density at radius 1 is 1.03 bits per heavy atom. The van der Waals surface area contributed by atoms with Crippen LogP contribution in [0.15, 0.2) is 77.3 Å². The maximum absolute atomic E-state index is 12.6. The number of pyridine rings is 1. The van der Waals surface area contributed by atoms with Crippen LogP contribution in [0.5, 0.6) is 0 Å². The molecule has 4 aromatic rings. The summed E-state index contributed by atoms with van der Waals surface area (Å²) >= 11 is 3.42. The molecule has 0 saturated carbocycles. The molecule has 1 aromatic heterocycles. The number of hydrogen-bond donors (Lipinski definition) is 1. The van der Waals surface area contributed by atoms with Crippen LogP contribution < -0.4 is 5.32 Å². The highest BCUT2D eigenvalue weighted by Crippen LogP contribution is 2.44. The van der Waals surface area contributed by atoms with Crippen molar-refractivity contribution in [3.8, 4) is 17.2 Å². The van der Waals surface area contributed by atoms with E-state index in [1.54, 1.807) is 6.07 Å². The Morgan fingerprint density at radius 2 is 1.71 bits per heavy atom. The van der Waals surface area contributed by atoms with E-state index in [0.29, 0.717) is 5.52 Å². The van der Waals surface area contributed by atoms with Gasteiger partial charge in [-0.15, -0.1) is 0 Å². The summed E-state index contributed by atoms with van der Waals surface area (Å²) in [7, 11) is 0. The van der Waals surface area contributed by atoms with E-state index in [4.69, 9.17) is 4.74 Å². The Morgan fingerprint density at radius 3 is 2.39 bits per heavy atom. The molecule has 6 heteroatoms. The molecule has 3 aromatic carbocycles. The summed E-state index contributed by atoms with van der Waals surface area (Å²) in [5.41, 5.74) is 5.57. The van der Waals surface area contributed by atoms with Gasteiger partial charge in [0.1, 0.15) is 12.7 Å². The van der Waals surface area contributed by atoms with Crippen LogP contribution >= 0.6 is 15.9 Å². The van der Waals surface area contributed by atoms with Crippen molar-refractivity contribution >= 4 is 38.7 Å². The van der Waals surface area contributed by atoms with Crippen LogP contribution in [0.1, 0.15) is 22.6 Å². The summed E-state index contributed by atoms with van der Waals surface area (Å²) in [6.45, 7) is 0.195. The van der Waals surface area contributed by atoms with Crippen LogP contribution in [0, 0.1) is 11.3 Å². The molecular weight excluding hydrogens is 454 g/mol. The molecule has 1 aliphatic carbocycles. The first-order chi connectivity index (χ1) is 15.1. The van der Waals surface area contributed by atoms with Gasteiger partial charge in [0.25, 0.3) is 0 Å². The molecule has 0 fully saturated rings. The summed E-state index contributed by atoms with van der Waals surface area (Å²) < 4.78 is 6.44. The molecule has 1 N–H and O–H groups in total. The van der Waals surface area contributed by atoms with E-state index >= 15 is 0 Å². The fourth-order valence-corrected chi connectivity index (χ4v) is 4.40. The number of aromatic nitrogens is 1. The third kappa shape index (κ3) is 3.54. The number of halogens is 1. The molecule has 1 amide bonds. The average molecular weight is 470 g/mol. The van der Waals surface area contributed by atoms with Crippen molar-refractivity contribution in [2.24, 2.45) is 0 Å². The van der Waals surface area contributed by atoms with Gasteiger partial charge >= 0.3 is 6.09 Å². The predicted molar refractivity (Wildman–Crippen MR) is 123 cm³/mol.